The number of hydrogen-bond acceptors (Lipinski definition) is 3. The van der Waals surface area contributed by atoms with E-state index >= 15 is 0 Å². The molecule has 0 aliphatic carbocycles. The largest absolute Gasteiger partial charge is 0.283 e. The minimum Gasteiger partial charge on any atom is -0.283 e. The highest BCUT2D eigenvalue weighted by Gasteiger charge is 2.11. The maximum Gasteiger partial charge on any atom is 0.236 e. The van der Waals surface area contributed by atoms with Crippen LogP contribution in [0.15, 0.2) is 54.6 Å². The van der Waals surface area contributed by atoms with Crippen molar-refractivity contribution in [3.05, 3.63) is 65.7 Å². The molecule has 19 heavy (non-hydrogen) atoms. The monoisotopic (exact) mass is 272 g/mol. The summed E-state index contributed by atoms with van der Waals surface area (Å²) in [5.41, 5.74) is 1.56. The van der Waals surface area contributed by atoms with Gasteiger partial charge < -0.3 is 0 Å². The molecule has 0 aliphatic heterocycles. The molecule has 0 saturated carbocycles. The Bertz CT molecular complexity index is 704. The second-order valence-corrected chi connectivity index (χ2v) is 5.76. The molecule has 5 heteroatoms. The number of anilines is 1. The fraction of sp³-hybridized carbons (Fsp3) is 0.0714. The highest BCUT2D eigenvalue weighted by Crippen LogP contribution is 2.13. The van der Waals surface area contributed by atoms with Gasteiger partial charge >= 0.3 is 0 Å². The van der Waals surface area contributed by atoms with Gasteiger partial charge in [0.05, 0.1) is 17.4 Å². The highest BCUT2D eigenvalue weighted by atomic mass is 32.2. The van der Waals surface area contributed by atoms with Gasteiger partial charge in [0.2, 0.25) is 10.0 Å². The molecule has 2 rings (SSSR count). The SMILES string of the molecule is N#Cc1cccc(CS(=O)(=O)Nc2ccccc2)c1. The number of sulfonamides is 1. The summed E-state index contributed by atoms with van der Waals surface area (Å²) in [6.45, 7) is 0. The summed E-state index contributed by atoms with van der Waals surface area (Å²) in [6.07, 6.45) is 0. The summed E-state index contributed by atoms with van der Waals surface area (Å²) in [5, 5.41) is 8.78. The van der Waals surface area contributed by atoms with Gasteiger partial charge in [0, 0.05) is 5.69 Å². The molecule has 0 spiro atoms. The number of nitrogens with one attached hydrogen (secondary N) is 1. The number of hydrogen-bond donors (Lipinski definition) is 1. The molecule has 0 heterocycles. The minimum atomic E-state index is -3.47. The van der Waals surface area contributed by atoms with Gasteiger partial charge in [-0.3, -0.25) is 4.72 Å². The van der Waals surface area contributed by atoms with Crippen molar-refractivity contribution in [1.29, 1.82) is 5.26 Å². The Balaban J connectivity index is 2.15. The van der Waals surface area contributed by atoms with Gasteiger partial charge in [-0.1, -0.05) is 30.3 Å². The van der Waals surface area contributed by atoms with E-state index in [1.807, 2.05) is 12.1 Å². The Morgan fingerprint density at radius 2 is 1.79 bits per heavy atom. The zero-order valence-electron chi connectivity index (χ0n) is 10.1. The van der Waals surface area contributed by atoms with Crippen molar-refractivity contribution >= 4 is 15.7 Å². The predicted octanol–water partition coefficient (Wildman–Crippen LogP) is 2.50. The van der Waals surface area contributed by atoms with Crippen LogP contribution in [0.5, 0.6) is 0 Å². The molecule has 0 amide bonds. The number of nitrogens with zero attached hydrogens (tertiary/aromatic N) is 1. The third kappa shape index (κ3) is 3.83. The average Bonchev–Trinajstić information content (AvgIpc) is 2.39. The zero-order chi connectivity index (χ0) is 13.7. The van der Waals surface area contributed by atoms with E-state index in [2.05, 4.69) is 4.72 Å². The first-order valence-corrected chi connectivity index (χ1v) is 7.29. The van der Waals surface area contributed by atoms with Gasteiger partial charge in [0.15, 0.2) is 0 Å². The molecule has 96 valence electrons. The summed E-state index contributed by atoms with van der Waals surface area (Å²) < 4.78 is 26.4. The molecule has 0 fully saturated rings. The summed E-state index contributed by atoms with van der Waals surface area (Å²) in [7, 11) is -3.47. The van der Waals surface area contributed by atoms with Crippen LogP contribution in [0.1, 0.15) is 11.1 Å². The van der Waals surface area contributed by atoms with Crippen LogP contribution in [0.25, 0.3) is 0 Å². The lowest BCUT2D eigenvalue weighted by molar-refractivity contribution is 0.600. The van der Waals surface area contributed by atoms with Gasteiger partial charge in [0.1, 0.15) is 0 Å². The van der Waals surface area contributed by atoms with Crippen molar-refractivity contribution in [2.24, 2.45) is 0 Å². The quantitative estimate of drug-likeness (QED) is 0.929. The first-order chi connectivity index (χ1) is 9.09. The van der Waals surface area contributed by atoms with E-state index in [1.54, 1.807) is 48.5 Å². The molecule has 0 atom stereocenters. The molecule has 0 radical (unpaired) electrons. The normalized spacial score (nSPS) is 10.7. The van der Waals surface area contributed by atoms with Gasteiger partial charge in [-0.15, -0.1) is 0 Å². The maximum atomic E-state index is 12.0. The molecule has 0 unspecified atom stereocenters. The molecular weight excluding hydrogens is 260 g/mol. The summed E-state index contributed by atoms with van der Waals surface area (Å²) in [5.74, 6) is -0.155. The second kappa shape index (κ2) is 5.55. The first-order valence-electron chi connectivity index (χ1n) is 5.64. The fourth-order valence-electron chi connectivity index (χ4n) is 1.67. The summed E-state index contributed by atoms with van der Waals surface area (Å²) >= 11 is 0. The predicted molar refractivity (Wildman–Crippen MR) is 73.8 cm³/mol. The smallest absolute Gasteiger partial charge is 0.236 e. The Kier molecular flexibility index (Phi) is 3.83. The number of nitriles is 1. The minimum absolute atomic E-state index is 0.155. The standard InChI is InChI=1S/C14H12N2O2S/c15-10-12-5-4-6-13(9-12)11-19(17,18)16-14-7-2-1-3-8-14/h1-9,16H,11H2. The van der Waals surface area contributed by atoms with Gasteiger partial charge in [-0.2, -0.15) is 5.26 Å². The molecule has 2 aromatic carbocycles. The van der Waals surface area contributed by atoms with E-state index in [0.717, 1.165) is 0 Å². The first kappa shape index (κ1) is 13.1. The van der Waals surface area contributed by atoms with Crippen molar-refractivity contribution in [3.8, 4) is 6.07 Å². The van der Waals surface area contributed by atoms with Crippen LogP contribution in [-0.4, -0.2) is 8.42 Å². The summed E-state index contributed by atoms with van der Waals surface area (Å²) in [4.78, 5) is 0. The number of para-hydroxylation sites is 1. The van der Waals surface area contributed by atoms with E-state index in [-0.39, 0.29) is 5.75 Å². The lowest BCUT2D eigenvalue weighted by atomic mass is 10.2. The molecular formula is C14H12N2O2S. The zero-order valence-corrected chi connectivity index (χ0v) is 10.9. The van der Waals surface area contributed by atoms with Crippen LogP contribution >= 0.6 is 0 Å². The Morgan fingerprint density at radius 1 is 1.05 bits per heavy atom. The van der Waals surface area contributed by atoms with Crippen LogP contribution in [0.2, 0.25) is 0 Å². The fourth-order valence-corrected chi connectivity index (χ4v) is 2.86. The third-order valence-electron chi connectivity index (χ3n) is 2.46. The van der Waals surface area contributed by atoms with Crippen LogP contribution in [0.4, 0.5) is 5.69 Å². The van der Waals surface area contributed by atoms with E-state index in [0.29, 0.717) is 16.8 Å². The lowest BCUT2D eigenvalue weighted by Gasteiger charge is -2.08. The summed E-state index contributed by atoms with van der Waals surface area (Å²) in [6, 6.07) is 17.3. The Hall–Kier alpha value is -2.32. The topological polar surface area (TPSA) is 70.0 Å². The van der Waals surface area contributed by atoms with Crippen LogP contribution in [0, 0.1) is 11.3 Å². The number of rotatable bonds is 4. The maximum absolute atomic E-state index is 12.0. The van der Waals surface area contributed by atoms with Crippen LogP contribution in [-0.2, 0) is 15.8 Å². The van der Waals surface area contributed by atoms with Gasteiger partial charge in [-0.25, -0.2) is 8.42 Å². The second-order valence-electron chi connectivity index (χ2n) is 4.04. The third-order valence-corrected chi connectivity index (χ3v) is 3.72. The lowest BCUT2D eigenvalue weighted by Crippen LogP contribution is -2.15. The van der Waals surface area contributed by atoms with E-state index in [9.17, 15) is 8.42 Å². The van der Waals surface area contributed by atoms with Gasteiger partial charge in [-0.05, 0) is 29.8 Å². The number of benzene rings is 2. The highest BCUT2D eigenvalue weighted by molar-refractivity contribution is 7.91. The molecule has 0 aliphatic rings. The molecule has 0 saturated heterocycles. The van der Waals surface area contributed by atoms with Crippen molar-refractivity contribution in [2.75, 3.05) is 4.72 Å². The van der Waals surface area contributed by atoms with E-state index < -0.39 is 10.0 Å². The van der Waals surface area contributed by atoms with Crippen LogP contribution in [0.3, 0.4) is 0 Å². The van der Waals surface area contributed by atoms with Crippen LogP contribution < -0.4 is 4.72 Å². The van der Waals surface area contributed by atoms with E-state index in [1.165, 1.54) is 0 Å². The Morgan fingerprint density at radius 3 is 2.47 bits per heavy atom. The molecule has 0 bridgehead atoms. The average molecular weight is 272 g/mol. The van der Waals surface area contributed by atoms with Gasteiger partial charge in [0.25, 0.3) is 0 Å². The molecule has 2 aromatic rings. The molecule has 0 aromatic heterocycles. The molecule has 1 N–H and O–H groups in total. The Labute approximate surface area is 112 Å². The molecule has 4 nitrogen and oxygen atoms in total. The van der Waals surface area contributed by atoms with E-state index in [4.69, 9.17) is 5.26 Å². The van der Waals surface area contributed by atoms with Crippen molar-refractivity contribution in [2.45, 2.75) is 5.75 Å². The van der Waals surface area contributed by atoms with Crippen molar-refractivity contribution in [1.82, 2.24) is 0 Å². The van der Waals surface area contributed by atoms with Crippen molar-refractivity contribution < 1.29 is 8.42 Å². The van der Waals surface area contributed by atoms with Crippen molar-refractivity contribution in [3.63, 3.8) is 0 Å².